The number of anilines is 2. The van der Waals surface area contributed by atoms with Crippen molar-refractivity contribution in [1.29, 1.82) is 0 Å². The number of piperidine rings is 1. The fourth-order valence-corrected chi connectivity index (χ4v) is 4.14. The molecule has 7 heteroatoms. The number of hydrogen-bond donors (Lipinski definition) is 2. The molecule has 1 spiro atoms. The predicted octanol–water partition coefficient (Wildman–Crippen LogP) is 1.92. The SMILES string of the molecule is CC(C)(C)c1nc2c(c(=O)[nH]1)CCC21CCN(c2nccc(N)n2)CC1. The number of nitrogen functional groups attached to an aromatic ring is 1. The fraction of sp³-hybridized carbons (Fsp3) is 0.579. The summed E-state index contributed by atoms with van der Waals surface area (Å²) in [6.45, 7) is 7.95. The molecule has 26 heavy (non-hydrogen) atoms. The van der Waals surface area contributed by atoms with Crippen LogP contribution < -0.4 is 16.2 Å². The summed E-state index contributed by atoms with van der Waals surface area (Å²) in [6, 6.07) is 1.70. The van der Waals surface area contributed by atoms with Gasteiger partial charge in [-0.1, -0.05) is 20.8 Å². The summed E-state index contributed by atoms with van der Waals surface area (Å²) in [5.74, 6) is 1.96. The number of hydrogen-bond acceptors (Lipinski definition) is 6. The average molecular weight is 354 g/mol. The van der Waals surface area contributed by atoms with Crippen LogP contribution in [-0.4, -0.2) is 33.0 Å². The largest absolute Gasteiger partial charge is 0.384 e. The first-order valence-corrected chi connectivity index (χ1v) is 9.26. The minimum atomic E-state index is -0.173. The third-order valence-corrected chi connectivity index (χ3v) is 5.75. The van der Waals surface area contributed by atoms with Crippen LogP contribution in [0.1, 0.15) is 57.1 Å². The molecule has 138 valence electrons. The van der Waals surface area contributed by atoms with Crippen molar-refractivity contribution in [3.05, 3.63) is 39.7 Å². The van der Waals surface area contributed by atoms with E-state index in [1.54, 1.807) is 12.3 Å². The van der Waals surface area contributed by atoms with E-state index < -0.39 is 0 Å². The van der Waals surface area contributed by atoms with E-state index in [0.717, 1.165) is 55.9 Å². The van der Waals surface area contributed by atoms with Gasteiger partial charge < -0.3 is 15.6 Å². The molecule has 3 N–H and O–H groups in total. The van der Waals surface area contributed by atoms with Crippen molar-refractivity contribution < 1.29 is 0 Å². The van der Waals surface area contributed by atoms with Crippen molar-refractivity contribution in [1.82, 2.24) is 19.9 Å². The molecular weight excluding hydrogens is 328 g/mol. The number of H-pyrrole nitrogens is 1. The molecule has 0 saturated carbocycles. The van der Waals surface area contributed by atoms with Crippen LogP contribution in [0.25, 0.3) is 0 Å². The standard InChI is InChI=1S/C19H26N6O/c1-18(2,3)16-23-14-12(15(26)24-16)4-6-19(14)7-10-25(11-8-19)17-21-9-5-13(20)22-17/h5,9H,4,6-8,10-11H2,1-3H3,(H2,20,21,22)(H,23,24,26). The van der Waals surface area contributed by atoms with Crippen LogP contribution in [0.2, 0.25) is 0 Å². The molecule has 2 aromatic heterocycles. The van der Waals surface area contributed by atoms with E-state index in [1.165, 1.54) is 0 Å². The third-order valence-electron chi connectivity index (χ3n) is 5.75. The molecule has 1 saturated heterocycles. The zero-order chi connectivity index (χ0) is 18.5. The molecule has 0 aromatic carbocycles. The Kier molecular flexibility index (Phi) is 3.78. The van der Waals surface area contributed by atoms with Crippen molar-refractivity contribution in [3.8, 4) is 0 Å². The van der Waals surface area contributed by atoms with Crippen molar-refractivity contribution in [2.75, 3.05) is 23.7 Å². The van der Waals surface area contributed by atoms with E-state index in [4.69, 9.17) is 10.7 Å². The quantitative estimate of drug-likeness (QED) is 0.811. The van der Waals surface area contributed by atoms with Gasteiger partial charge in [-0.2, -0.15) is 4.98 Å². The van der Waals surface area contributed by atoms with Gasteiger partial charge in [-0.05, 0) is 31.7 Å². The summed E-state index contributed by atoms with van der Waals surface area (Å²) in [5.41, 5.74) is 7.57. The van der Waals surface area contributed by atoms with Crippen LogP contribution in [-0.2, 0) is 17.3 Å². The van der Waals surface area contributed by atoms with Crippen molar-refractivity contribution in [3.63, 3.8) is 0 Å². The number of nitrogens with one attached hydrogen (secondary N) is 1. The Hall–Kier alpha value is -2.44. The van der Waals surface area contributed by atoms with E-state index in [9.17, 15) is 4.79 Å². The molecule has 0 atom stereocenters. The molecule has 0 bridgehead atoms. The highest BCUT2D eigenvalue weighted by Crippen LogP contribution is 2.45. The van der Waals surface area contributed by atoms with Crippen LogP contribution in [0.15, 0.2) is 17.1 Å². The normalized spacial score (nSPS) is 19.0. The molecule has 3 heterocycles. The second kappa shape index (κ2) is 5.79. The predicted molar refractivity (Wildman–Crippen MR) is 101 cm³/mol. The molecule has 2 aliphatic rings. The molecule has 7 nitrogen and oxygen atoms in total. The van der Waals surface area contributed by atoms with Crippen LogP contribution in [0, 0.1) is 0 Å². The van der Waals surface area contributed by atoms with E-state index in [2.05, 4.69) is 40.6 Å². The van der Waals surface area contributed by atoms with Gasteiger partial charge in [0.05, 0.1) is 5.69 Å². The Morgan fingerprint density at radius 1 is 1.19 bits per heavy atom. The smallest absolute Gasteiger partial charge is 0.254 e. The van der Waals surface area contributed by atoms with Gasteiger partial charge in [-0.15, -0.1) is 0 Å². The van der Waals surface area contributed by atoms with Crippen LogP contribution in [0.3, 0.4) is 0 Å². The number of nitrogens with zero attached hydrogens (tertiary/aromatic N) is 4. The molecule has 1 aliphatic carbocycles. The summed E-state index contributed by atoms with van der Waals surface area (Å²) >= 11 is 0. The Bertz CT molecular complexity index is 890. The maximum atomic E-state index is 12.6. The number of fused-ring (bicyclic) bond motifs is 2. The highest BCUT2D eigenvalue weighted by molar-refractivity contribution is 5.41. The maximum Gasteiger partial charge on any atom is 0.254 e. The molecule has 1 aliphatic heterocycles. The zero-order valence-electron chi connectivity index (χ0n) is 15.7. The zero-order valence-corrected chi connectivity index (χ0v) is 15.7. The van der Waals surface area contributed by atoms with E-state index in [-0.39, 0.29) is 16.4 Å². The minimum absolute atomic E-state index is 0.000415. The van der Waals surface area contributed by atoms with Gasteiger partial charge in [0.1, 0.15) is 11.6 Å². The summed E-state index contributed by atoms with van der Waals surface area (Å²) in [4.78, 5) is 31.4. The Morgan fingerprint density at radius 2 is 1.92 bits per heavy atom. The second-order valence-corrected chi connectivity index (χ2v) is 8.54. The number of aromatic nitrogens is 4. The van der Waals surface area contributed by atoms with E-state index in [1.807, 2.05) is 0 Å². The van der Waals surface area contributed by atoms with Crippen molar-refractivity contribution in [2.45, 2.75) is 57.3 Å². The lowest BCUT2D eigenvalue weighted by molar-refractivity contribution is 0.319. The van der Waals surface area contributed by atoms with E-state index >= 15 is 0 Å². The minimum Gasteiger partial charge on any atom is -0.384 e. The monoisotopic (exact) mass is 354 g/mol. The van der Waals surface area contributed by atoms with Crippen LogP contribution in [0.4, 0.5) is 11.8 Å². The first kappa shape index (κ1) is 17.0. The van der Waals surface area contributed by atoms with Gasteiger partial charge in [-0.25, -0.2) is 9.97 Å². The van der Waals surface area contributed by atoms with Crippen LogP contribution in [0.5, 0.6) is 0 Å². The van der Waals surface area contributed by atoms with E-state index in [0.29, 0.717) is 11.8 Å². The highest BCUT2D eigenvalue weighted by atomic mass is 16.1. The lowest BCUT2D eigenvalue weighted by atomic mass is 9.76. The maximum absolute atomic E-state index is 12.6. The highest BCUT2D eigenvalue weighted by Gasteiger charge is 2.44. The topological polar surface area (TPSA) is 101 Å². The Morgan fingerprint density at radius 3 is 2.58 bits per heavy atom. The third kappa shape index (κ3) is 2.75. The molecule has 1 fully saturated rings. The molecular formula is C19H26N6O. The lowest BCUT2D eigenvalue weighted by Gasteiger charge is -2.39. The molecule has 4 rings (SSSR count). The Labute approximate surface area is 153 Å². The summed E-state index contributed by atoms with van der Waals surface area (Å²) < 4.78 is 0. The number of nitrogens with two attached hydrogens (primary N) is 1. The first-order valence-electron chi connectivity index (χ1n) is 9.26. The van der Waals surface area contributed by atoms with Gasteiger partial charge >= 0.3 is 0 Å². The second-order valence-electron chi connectivity index (χ2n) is 8.54. The number of aromatic amines is 1. The molecule has 2 aromatic rings. The van der Waals surface area contributed by atoms with Gasteiger partial charge in [0.25, 0.3) is 5.56 Å². The Balaban J connectivity index is 1.64. The lowest BCUT2D eigenvalue weighted by Crippen LogP contribution is -2.43. The molecule has 0 radical (unpaired) electrons. The summed E-state index contributed by atoms with van der Waals surface area (Å²) in [7, 11) is 0. The van der Waals surface area contributed by atoms with Crippen molar-refractivity contribution in [2.24, 2.45) is 0 Å². The first-order chi connectivity index (χ1) is 12.3. The van der Waals surface area contributed by atoms with Gasteiger partial charge in [-0.3, -0.25) is 4.79 Å². The average Bonchev–Trinajstić information content (AvgIpc) is 2.94. The molecule has 0 amide bonds. The summed E-state index contributed by atoms with van der Waals surface area (Å²) in [6.07, 6.45) is 5.43. The van der Waals surface area contributed by atoms with Crippen molar-refractivity contribution >= 4 is 11.8 Å². The van der Waals surface area contributed by atoms with Crippen LogP contribution >= 0.6 is 0 Å². The summed E-state index contributed by atoms with van der Waals surface area (Å²) in [5, 5.41) is 0. The van der Waals surface area contributed by atoms with Gasteiger partial charge in [0.2, 0.25) is 5.95 Å². The van der Waals surface area contributed by atoms with Gasteiger partial charge in [0, 0.05) is 35.7 Å². The molecule has 0 unspecified atom stereocenters. The fourth-order valence-electron chi connectivity index (χ4n) is 4.14. The number of rotatable bonds is 1. The van der Waals surface area contributed by atoms with Gasteiger partial charge in [0.15, 0.2) is 0 Å².